The van der Waals surface area contributed by atoms with Gasteiger partial charge in [-0.15, -0.1) is 0 Å². The molecule has 1 nitrogen and oxygen atoms in total. The molecule has 1 heterocycles. The molecule has 3 heteroatoms. The van der Waals surface area contributed by atoms with E-state index in [2.05, 4.69) is 13.1 Å². The first-order valence-electron chi connectivity index (χ1n) is 3.79. The zero-order valence-corrected chi connectivity index (χ0v) is 11.1. The molecule has 0 atom stereocenters. The van der Waals surface area contributed by atoms with Gasteiger partial charge in [-0.1, -0.05) is 28.3 Å². The van der Waals surface area contributed by atoms with E-state index in [0.717, 1.165) is 6.61 Å². The second kappa shape index (κ2) is 5.45. The zero-order chi connectivity index (χ0) is 6.69. The van der Waals surface area contributed by atoms with Crippen molar-refractivity contribution in [1.82, 2.24) is 0 Å². The molecule has 1 rings (SSSR count). The molecule has 0 bridgehead atoms. The standard InChI is InChI=1S/C7H15OSi.Zn/c1-9(2)7-5-3-4-6-8-7;/h9H,3-6H2,1-2H3;/q-1;. The maximum Gasteiger partial charge on any atom is 0.0111 e. The molecule has 1 aliphatic heterocycles. The van der Waals surface area contributed by atoms with E-state index in [0.29, 0.717) is 0 Å². The van der Waals surface area contributed by atoms with Gasteiger partial charge < -0.3 is 4.74 Å². The molecule has 56 valence electrons. The minimum Gasteiger partial charge on any atom is -0.551 e. The quantitative estimate of drug-likeness (QED) is 0.471. The summed E-state index contributed by atoms with van der Waals surface area (Å²) in [7, 11) is -0.557. The largest absolute Gasteiger partial charge is 0.551 e. The number of hydrogen-bond donors (Lipinski definition) is 0. The molecule has 1 aliphatic rings. The van der Waals surface area contributed by atoms with Crippen molar-refractivity contribution >= 4 is 8.80 Å². The van der Waals surface area contributed by atoms with Crippen molar-refractivity contribution in [2.75, 3.05) is 6.61 Å². The van der Waals surface area contributed by atoms with Gasteiger partial charge in [-0.25, -0.2) is 0 Å². The molecule has 0 aromatic rings. The zero-order valence-electron chi connectivity index (χ0n) is 7.02. The minimum absolute atomic E-state index is 0. The van der Waals surface area contributed by atoms with Gasteiger partial charge in [0.1, 0.15) is 0 Å². The number of rotatable bonds is 1. The summed E-state index contributed by atoms with van der Waals surface area (Å²) in [6.45, 7) is 5.65. The first-order valence-corrected chi connectivity index (χ1v) is 6.68. The summed E-state index contributed by atoms with van der Waals surface area (Å²) in [4.78, 5) is 0. The molecule has 0 spiro atoms. The van der Waals surface area contributed by atoms with Crippen molar-refractivity contribution in [2.24, 2.45) is 0 Å². The van der Waals surface area contributed by atoms with E-state index in [1.807, 2.05) is 0 Å². The molecule has 0 aliphatic carbocycles. The molecule has 0 aromatic heterocycles. The Morgan fingerprint density at radius 2 is 2.00 bits per heavy atom. The van der Waals surface area contributed by atoms with E-state index in [1.165, 1.54) is 25.0 Å². The van der Waals surface area contributed by atoms with Crippen molar-refractivity contribution in [3.05, 3.63) is 5.73 Å². The van der Waals surface area contributed by atoms with Gasteiger partial charge in [0, 0.05) is 26.1 Å². The smallest absolute Gasteiger partial charge is 0.0111 e. The Morgan fingerprint density at radius 1 is 1.30 bits per heavy atom. The van der Waals surface area contributed by atoms with Crippen LogP contribution in [0.2, 0.25) is 13.1 Å². The monoisotopic (exact) mass is 207 g/mol. The van der Waals surface area contributed by atoms with E-state index < -0.39 is 8.80 Å². The summed E-state index contributed by atoms with van der Waals surface area (Å²) >= 11 is 0. The predicted molar refractivity (Wildman–Crippen MR) is 41.9 cm³/mol. The maximum atomic E-state index is 5.52. The first kappa shape index (κ1) is 10.8. The summed E-state index contributed by atoms with van der Waals surface area (Å²) in [5.41, 5.74) is 1.45. The van der Waals surface area contributed by atoms with Crippen LogP contribution in [0.25, 0.3) is 0 Å². The Hall–Kier alpha value is 0.800. The summed E-state index contributed by atoms with van der Waals surface area (Å²) in [5, 5.41) is 0. The molecule has 0 aromatic carbocycles. The normalized spacial score (nSPS) is 20.7. The topological polar surface area (TPSA) is 9.23 Å². The summed E-state index contributed by atoms with van der Waals surface area (Å²) in [6.07, 6.45) is 3.88. The van der Waals surface area contributed by atoms with Crippen LogP contribution < -0.4 is 0 Å². The van der Waals surface area contributed by atoms with Crippen LogP contribution in [0.5, 0.6) is 0 Å². The molecule has 0 amide bonds. The van der Waals surface area contributed by atoms with E-state index in [1.54, 1.807) is 0 Å². The van der Waals surface area contributed by atoms with E-state index in [9.17, 15) is 0 Å². The summed E-state index contributed by atoms with van der Waals surface area (Å²) in [6, 6.07) is 0. The number of ether oxygens (including phenoxy) is 1. The molecular formula is C7H15OSiZn-. The average Bonchev–Trinajstić information content (AvgIpc) is 1.90. The Bertz CT molecular complexity index is 81.7. The van der Waals surface area contributed by atoms with E-state index in [4.69, 9.17) is 4.74 Å². The second-order valence-electron chi connectivity index (χ2n) is 2.93. The van der Waals surface area contributed by atoms with Crippen molar-refractivity contribution in [3.63, 3.8) is 0 Å². The molecule has 10 heavy (non-hydrogen) atoms. The fraction of sp³-hybridized carbons (Fsp3) is 0.857. The van der Waals surface area contributed by atoms with Crippen molar-refractivity contribution < 1.29 is 24.2 Å². The summed E-state index contributed by atoms with van der Waals surface area (Å²) < 4.78 is 5.52. The first-order chi connectivity index (χ1) is 4.30. The van der Waals surface area contributed by atoms with Gasteiger partial charge in [0.2, 0.25) is 0 Å². The van der Waals surface area contributed by atoms with Crippen molar-refractivity contribution in [1.29, 1.82) is 0 Å². The Balaban J connectivity index is 0.000000810. The van der Waals surface area contributed by atoms with Gasteiger partial charge >= 0.3 is 0 Å². The molecular weight excluding hydrogens is 194 g/mol. The van der Waals surface area contributed by atoms with Crippen LogP contribution in [-0.4, -0.2) is 15.4 Å². The van der Waals surface area contributed by atoms with Gasteiger partial charge in [-0.05, 0) is 6.42 Å². The van der Waals surface area contributed by atoms with Crippen LogP contribution in [0.3, 0.4) is 0 Å². The fourth-order valence-electron chi connectivity index (χ4n) is 1.13. The molecule has 0 unspecified atom stereocenters. The van der Waals surface area contributed by atoms with Crippen molar-refractivity contribution in [2.45, 2.75) is 32.4 Å². The van der Waals surface area contributed by atoms with Crippen LogP contribution in [0.15, 0.2) is 0 Å². The van der Waals surface area contributed by atoms with E-state index in [-0.39, 0.29) is 19.5 Å². The van der Waals surface area contributed by atoms with Crippen LogP contribution in [0.1, 0.15) is 19.3 Å². The van der Waals surface area contributed by atoms with Crippen LogP contribution >= 0.6 is 0 Å². The average molecular weight is 209 g/mol. The second-order valence-corrected chi connectivity index (χ2v) is 5.88. The SMILES string of the molecule is C[SiH](C)[C-]1CCCCO1.[Zn]. The van der Waals surface area contributed by atoms with Crippen LogP contribution in [0, 0.1) is 5.73 Å². The Kier molecular flexibility index (Phi) is 5.89. The Morgan fingerprint density at radius 3 is 2.30 bits per heavy atom. The molecule has 0 N–H and O–H groups in total. The third-order valence-corrected chi connectivity index (χ3v) is 3.49. The van der Waals surface area contributed by atoms with Crippen LogP contribution in [0.4, 0.5) is 0 Å². The third-order valence-electron chi connectivity index (χ3n) is 1.75. The fourth-order valence-corrected chi connectivity index (χ4v) is 2.36. The van der Waals surface area contributed by atoms with Gasteiger partial charge in [-0.2, -0.15) is 12.1 Å². The van der Waals surface area contributed by atoms with E-state index >= 15 is 0 Å². The summed E-state index contributed by atoms with van der Waals surface area (Å²) in [5.74, 6) is 0. The van der Waals surface area contributed by atoms with Gasteiger partial charge in [0.15, 0.2) is 0 Å². The van der Waals surface area contributed by atoms with Gasteiger partial charge in [-0.3, -0.25) is 0 Å². The molecule has 1 fully saturated rings. The number of hydrogen-bond acceptors (Lipinski definition) is 1. The molecule has 0 radical (unpaired) electrons. The molecule has 1 saturated heterocycles. The Labute approximate surface area is 77.9 Å². The molecule has 0 saturated carbocycles. The maximum absolute atomic E-state index is 5.52. The minimum atomic E-state index is -0.557. The predicted octanol–water partition coefficient (Wildman–Crippen LogP) is 1.74. The van der Waals surface area contributed by atoms with Crippen molar-refractivity contribution in [3.8, 4) is 0 Å². The van der Waals surface area contributed by atoms with Gasteiger partial charge in [0.05, 0.1) is 0 Å². The van der Waals surface area contributed by atoms with Gasteiger partial charge in [0.25, 0.3) is 0 Å². The third kappa shape index (κ3) is 3.27. The van der Waals surface area contributed by atoms with Crippen LogP contribution in [-0.2, 0) is 24.2 Å².